The molecule has 1 saturated heterocycles. The average molecular weight is 230 g/mol. The lowest BCUT2D eigenvalue weighted by molar-refractivity contribution is -0.144. The maximum absolute atomic E-state index is 11.3. The summed E-state index contributed by atoms with van der Waals surface area (Å²) in [7, 11) is 0. The Balaban J connectivity index is 2.22. The van der Waals surface area contributed by atoms with Crippen LogP contribution in [0.15, 0.2) is 0 Å². The summed E-state index contributed by atoms with van der Waals surface area (Å²) >= 11 is 0. The molecule has 0 spiro atoms. The fraction of sp³-hybridized carbons (Fsp3) is 0.667. The average Bonchev–Trinajstić information content (AvgIpc) is 2.21. The Morgan fingerprint density at radius 2 is 2.25 bits per heavy atom. The predicted octanol–water partition coefficient (Wildman–Crippen LogP) is -1.52. The van der Waals surface area contributed by atoms with Crippen LogP contribution < -0.4 is 10.6 Å². The molecule has 7 heteroatoms. The highest BCUT2D eigenvalue weighted by Crippen LogP contribution is 2.02. The number of ether oxygens (including phenoxy) is 1. The SMILES string of the molecule is O=C(O)COCC(=O)NC1CCCNC1=O. The van der Waals surface area contributed by atoms with E-state index in [0.717, 1.165) is 6.42 Å². The first-order chi connectivity index (χ1) is 7.59. The number of rotatable bonds is 5. The molecule has 1 heterocycles. The quantitative estimate of drug-likeness (QED) is 0.532. The molecule has 2 amide bonds. The third kappa shape index (κ3) is 4.26. The zero-order valence-corrected chi connectivity index (χ0v) is 8.69. The van der Waals surface area contributed by atoms with E-state index in [2.05, 4.69) is 15.4 Å². The molecule has 1 aliphatic rings. The van der Waals surface area contributed by atoms with Gasteiger partial charge >= 0.3 is 5.97 Å². The van der Waals surface area contributed by atoms with E-state index < -0.39 is 24.5 Å². The van der Waals surface area contributed by atoms with Gasteiger partial charge in [-0.1, -0.05) is 0 Å². The van der Waals surface area contributed by atoms with Gasteiger partial charge in [0.2, 0.25) is 11.8 Å². The van der Waals surface area contributed by atoms with E-state index in [9.17, 15) is 14.4 Å². The minimum atomic E-state index is -1.14. The molecule has 1 unspecified atom stereocenters. The second-order valence-electron chi connectivity index (χ2n) is 3.44. The highest BCUT2D eigenvalue weighted by atomic mass is 16.5. The molecule has 0 saturated carbocycles. The Kier molecular flexibility index (Phi) is 4.71. The van der Waals surface area contributed by atoms with Crippen molar-refractivity contribution < 1.29 is 24.2 Å². The summed E-state index contributed by atoms with van der Waals surface area (Å²) in [6.07, 6.45) is 1.41. The number of carboxylic acid groups (broad SMARTS) is 1. The number of carbonyl (C=O) groups is 3. The van der Waals surface area contributed by atoms with Crippen LogP contribution in [0.3, 0.4) is 0 Å². The van der Waals surface area contributed by atoms with E-state index in [0.29, 0.717) is 13.0 Å². The van der Waals surface area contributed by atoms with Gasteiger partial charge in [-0.05, 0) is 12.8 Å². The third-order valence-corrected chi connectivity index (χ3v) is 2.08. The first kappa shape index (κ1) is 12.4. The normalized spacial score (nSPS) is 20.0. The number of amides is 2. The van der Waals surface area contributed by atoms with E-state index in [1.165, 1.54) is 0 Å². The minimum Gasteiger partial charge on any atom is -0.480 e. The molecule has 0 aromatic heterocycles. The van der Waals surface area contributed by atoms with Crippen LogP contribution in [0.25, 0.3) is 0 Å². The Bertz CT molecular complexity index is 292. The van der Waals surface area contributed by atoms with Gasteiger partial charge in [-0.15, -0.1) is 0 Å². The van der Waals surface area contributed by atoms with Crippen molar-refractivity contribution in [3.05, 3.63) is 0 Å². The summed E-state index contributed by atoms with van der Waals surface area (Å²) in [5.74, 6) is -1.83. The highest BCUT2D eigenvalue weighted by molar-refractivity contribution is 5.88. The standard InChI is InChI=1S/C9H14N2O5/c12-7(4-16-5-8(13)14)11-6-2-1-3-10-9(6)15/h6H,1-5H2,(H,10,15)(H,11,12)(H,13,14). The van der Waals surface area contributed by atoms with Crippen LogP contribution in [0.1, 0.15) is 12.8 Å². The van der Waals surface area contributed by atoms with Crippen LogP contribution in [0, 0.1) is 0 Å². The number of aliphatic carboxylic acids is 1. The van der Waals surface area contributed by atoms with Crippen molar-refractivity contribution in [3.8, 4) is 0 Å². The summed E-state index contributed by atoms with van der Waals surface area (Å²) in [5, 5.41) is 13.4. The van der Waals surface area contributed by atoms with Crippen molar-refractivity contribution in [2.24, 2.45) is 0 Å². The van der Waals surface area contributed by atoms with Gasteiger partial charge in [0.05, 0.1) is 0 Å². The summed E-state index contributed by atoms with van der Waals surface area (Å²) in [5.41, 5.74) is 0. The maximum Gasteiger partial charge on any atom is 0.329 e. The predicted molar refractivity (Wildman–Crippen MR) is 52.6 cm³/mol. The van der Waals surface area contributed by atoms with Crippen LogP contribution in [0.2, 0.25) is 0 Å². The third-order valence-electron chi connectivity index (χ3n) is 2.08. The number of carboxylic acids is 1. The first-order valence-corrected chi connectivity index (χ1v) is 4.96. The van der Waals surface area contributed by atoms with Crippen molar-refractivity contribution in [2.75, 3.05) is 19.8 Å². The van der Waals surface area contributed by atoms with Crippen LogP contribution in [0.5, 0.6) is 0 Å². The van der Waals surface area contributed by atoms with Gasteiger partial charge in [0.15, 0.2) is 0 Å². The molecule has 1 atom stereocenters. The molecule has 1 fully saturated rings. The number of nitrogens with one attached hydrogen (secondary N) is 2. The zero-order chi connectivity index (χ0) is 12.0. The van der Waals surface area contributed by atoms with E-state index in [-0.39, 0.29) is 12.5 Å². The largest absolute Gasteiger partial charge is 0.480 e. The topological polar surface area (TPSA) is 105 Å². The summed E-state index contributed by atoms with van der Waals surface area (Å²) in [4.78, 5) is 32.6. The molecule has 0 aliphatic carbocycles. The van der Waals surface area contributed by atoms with Crippen molar-refractivity contribution in [1.82, 2.24) is 10.6 Å². The second kappa shape index (κ2) is 6.06. The Morgan fingerprint density at radius 1 is 1.50 bits per heavy atom. The molecule has 0 bridgehead atoms. The Labute approximate surface area is 92.1 Å². The lowest BCUT2D eigenvalue weighted by atomic mass is 10.1. The smallest absolute Gasteiger partial charge is 0.329 e. The maximum atomic E-state index is 11.3. The van der Waals surface area contributed by atoms with Crippen molar-refractivity contribution >= 4 is 17.8 Å². The molecule has 7 nitrogen and oxygen atoms in total. The van der Waals surface area contributed by atoms with E-state index in [1.54, 1.807) is 0 Å². The molecule has 0 aromatic carbocycles. The molecule has 3 N–H and O–H groups in total. The zero-order valence-electron chi connectivity index (χ0n) is 8.69. The summed E-state index contributed by atoms with van der Waals surface area (Å²) < 4.78 is 4.59. The molecule has 1 rings (SSSR count). The summed E-state index contributed by atoms with van der Waals surface area (Å²) in [6, 6.07) is -0.533. The number of carbonyl (C=O) groups excluding carboxylic acids is 2. The van der Waals surface area contributed by atoms with Gasteiger partial charge in [-0.2, -0.15) is 0 Å². The summed E-state index contributed by atoms with van der Waals surface area (Å²) in [6.45, 7) is -0.249. The van der Waals surface area contributed by atoms with Gasteiger partial charge in [-0.3, -0.25) is 9.59 Å². The van der Waals surface area contributed by atoms with Crippen LogP contribution >= 0.6 is 0 Å². The minimum absolute atomic E-state index is 0.210. The number of piperidine rings is 1. The fourth-order valence-corrected chi connectivity index (χ4v) is 1.38. The van der Waals surface area contributed by atoms with E-state index in [4.69, 9.17) is 5.11 Å². The van der Waals surface area contributed by atoms with Crippen molar-refractivity contribution in [1.29, 1.82) is 0 Å². The van der Waals surface area contributed by atoms with Crippen molar-refractivity contribution in [3.63, 3.8) is 0 Å². The highest BCUT2D eigenvalue weighted by Gasteiger charge is 2.23. The molecule has 16 heavy (non-hydrogen) atoms. The van der Waals surface area contributed by atoms with E-state index >= 15 is 0 Å². The lowest BCUT2D eigenvalue weighted by Crippen LogP contribution is -2.51. The van der Waals surface area contributed by atoms with Crippen LogP contribution in [-0.2, 0) is 19.1 Å². The van der Waals surface area contributed by atoms with Crippen LogP contribution in [-0.4, -0.2) is 48.7 Å². The fourth-order valence-electron chi connectivity index (χ4n) is 1.38. The van der Waals surface area contributed by atoms with Gasteiger partial charge in [-0.25, -0.2) is 4.79 Å². The Morgan fingerprint density at radius 3 is 2.88 bits per heavy atom. The molecule has 1 aliphatic heterocycles. The monoisotopic (exact) mass is 230 g/mol. The molecule has 0 aromatic rings. The molecule has 90 valence electrons. The second-order valence-corrected chi connectivity index (χ2v) is 3.44. The molecular formula is C9H14N2O5. The van der Waals surface area contributed by atoms with Gasteiger partial charge in [0.1, 0.15) is 19.3 Å². The van der Waals surface area contributed by atoms with Gasteiger partial charge in [0.25, 0.3) is 0 Å². The lowest BCUT2D eigenvalue weighted by Gasteiger charge is -2.22. The van der Waals surface area contributed by atoms with E-state index in [1.807, 2.05) is 0 Å². The molecular weight excluding hydrogens is 216 g/mol. The van der Waals surface area contributed by atoms with Crippen molar-refractivity contribution in [2.45, 2.75) is 18.9 Å². The molecule has 0 radical (unpaired) electrons. The van der Waals surface area contributed by atoms with Gasteiger partial charge < -0.3 is 20.5 Å². The number of hydrogen-bond donors (Lipinski definition) is 3. The van der Waals surface area contributed by atoms with Crippen LogP contribution in [0.4, 0.5) is 0 Å². The van der Waals surface area contributed by atoms with Gasteiger partial charge in [0, 0.05) is 6.54 Å². The number of hydrogen-bond acceptors (Lipinski definition) is 4. The Hall–Kier alpha value is -1.63. The first-order valence-electron chi connectivity index (χ1n) is 4.96.